The van der Waals surface area contributed by atoms with Crippen LogP contribution in [0.5, 0.6) is 0 Å². The van der Waals surface area contributed by atoms with Crippen LogP contribution in [0.25, 0.3) is 0 Å². The standard InChI is InChI=1S/C20H27N5O5S/c1-4-23-13-19(15(3)22-23)14(2)21-20(26)16-9-11-24(12-10-16)31(29,30)18-7-5-17(6-8-18)25(27)28/h5-8,13-14,16H,4,9-12H2,1-3H3,(H,21,26). The average Bonchev–Trinajstić information content (AvgIpc) is 3.14. The van der Waals surface area contributed by atoms with Gasteiger partial charge in [0.05, 0.1) is 21.6 Å². The van der Waals surface area contributed by atoms with Crippen molar-refractivity contribution in [1.29, 1.82) is 0 Å². The summed E-state index contributed by atoms with van der Waals surface area (Å²) in [4.78, 5) is 22.9. The number of amides is 1. The number of aryl methyl sites for hydroxylation is 2. The van der Waals surface area contributed by atoms with Gasteiger partial charge in [0.1, 0.15) is 0 Å². The van der Waals surface area contributed by atoms with Gasteiger partial charge >= 0.3 is 0 Å². The number of nitrogens with zero attached hydrogens (tertiary/aromatic N) is 4. The van der Waals surface area contributed by atoms with Crippen LogP contribution in [-0.4, -0.2) is 46.4 Å². The number of piperidine rings is 1. The Morgan fingerprint density at radius 1 is 1.29 bits per heavy atom. The molecule has 2 heterocycles. The van der Waals surface area contributed by atoms with E-state index in [4.69, 9.17) is 0 Å². The monoisotopic (exact) mass is 449 g/mol. The number of hydrogen-bond donors (Lipinski definition) is 1. The van der Waals surface area contributed by atoms with Gasteiger partial charge in [0.25, 0.3) is 5.69 Å². The molecule has 1 aliphatic rings. The summed E-state index contributed by atoms with van der Waals surface area (Å²) in [6.45, 7) is 7.01. The van der Waals surface area contributed by atoms with Gasteiger partial charge in [-0.15, -0.1) is 0 Å². The van der Waals surface area contributed by atoms with Crippen molar-refractivity contribution in [2.45, 2.75) is 51.1 Å². The molecule has 0 saturated carbocycles. The summed E-state index contributed by atoms with van der Waals surface area (Å²) in [6.07, 6.45) is 2.76. The third kappa shape index (κ3) is 4.93. The number of carbonyl (C=O) groups excluding carboxylic acids is 1. The quantitative estimate of drug-likeness (QED) is 0.511. The third-order valence-corrected chi connectivity index (χ3v) is 7.56. The molecule has 10 nitrogen and oxygen atoms in total. The van der Waals surface area contributed by atoms with Crippen molar-refractivity contribution in [1.82, 2.24) is 19.4 Å². The molecule has 1 fully saturated rings. The SMILES string of the molecule is CCn1cc(C(C)NC(=O)C2CCN(S(=O)(=O)c3ccc([N+](=O)[O-])cc3)CC2)c(C)n1. The molecule has 0 bridgehead atoms. The topological polar surface area (TPSA) is 127 Å². The minimum atomic E-state index is -3.76. The van der Waals surface area contributed by atoms with E-state index in [0.29, 0.717) is 12.8 Å². The molecule has 1 aromatic carbocycles. The average molecular weight is 450 g/mol. The van der Waals surface area contributed by atoms with Crippen LogP contribution in [0, 0.1) is 23.0 Å². The Hall–Kier alpha value is -2.79. The van der Waals surface area contributed by atoms with E-state index in [1.165, 1.54) is 28.6 Å². The summed E-state index contributed by atoms with van der Waals surface area (Å²) in [5, 5.41) is 18.2. The zero-order chi connectivity index (χ0) is 22.8. The summed E-state index contributed by atoms with van der Waals surface area (Å²) < 4.78 is 28.8. The summed E-state index contributed by atoms with van der Waals surface area (Å²) in [5.41, 5.74) is 1.68. The van der Waals surface area contributed by atoms with Gasteiger partial charge in [-0.1, -0.05) is 0 Å². The summed E-state index contributed by atoms with van der Waals surface area (Å²) >= 11 is 0. The minimum Gasteiger partial charge on any atom is -0.349 e. The molecule has 0 aliphatic carbocycles. The fourth-order valence-electron chi connectivity index (χ4n) is 3.78. The Morgan fingerprint density at radius 3 is 2.42 bits per heavy atom. The first kappa shape index (κ1) is 22.9. The lowest BCUT2D eigenvalue weighted by molar-refractivity contribution is -0.384. The van der Waals surface area contributed by atoms with E-state index in [1.807, 2.05) is 31.6 Å². The molecule has 168 valence electrons. The maximum absolute atomic E-state index is 12.8. The van der Waals surface area contributed by atoms with Crippen LogP contribution in [0.3, 0.4) is 0 Å². The molecule has 1 aromatic heterocycles. The predicted molar refractivity (Wildman–Crippen MR) is 114 cm³/mol. The van der Waals surface area contributed by atoms with Gasteiger partial charge in [-0.25, -0.2) is 8.42 Å². The largest absolute Gasteiger partial charge is 0.349 e. The Balaban J connectivity index is 1.59. The highest BCUT2D eigenvalue weighted by Gasteiger charge is 2.33. The van der Waals surface area contributed by atoms with Crippen molar-refractivity contribution in [3.05, 3.63) is 51.8 Å². The highest BCUT2D eigenvalue weighted by atomic mass is 32.2. The Bertz CT molecular complexity index is 1060. The first-order valence-corrected chi connectivity index (χ1v) is 11.7. The lowest BCUT2D eigenvalue weighted by Gasteiger charge is -2.31. The van der Waals surface area contributed by atoms with Crippen LogP contribution in [-0.2, 0) is 21.4 Å². The van der Waals surface area contributed by atoms with Crippen LogP contribution in [0.2, 0.25) is 0 Å². The first-order valence-electron chi connectivity index (χ1n) is 10.2. The number of aromatic nitrogens is 2. The predicted octanol–water partition coefficient (Wildman–Crippen LogP) is 2.40. The fraction of sp³-hybridized carbons (Fsp3) is 0.500. The summed E-state index contributed by atoms with van der Waals surface area (Å²) in [7, 11) is -3.76. The molecule has 31 heavy (non-hydrogen) atoms. The smallest absolute Gasteiger partial charge is 0.269 e. The maximum Gasteiger partial charge on any atom is 0.269 e. The molecule has 0 radical (unpaired) electrons. The maximum atomic E-state index is 12.8. The number of nitro benzene ring substituents is 1. The number of nitrogens with one attached hydrogen (secondary N) is 1. The zero-order valence-electron chi connectivity index (χ0n) is 17.8. The molecule has 1 saturated heterocycles. The van der Waals surface area contributed by atoms with Crippen molar-refractivity contribution < 1.29 is 18.1 Å². The third-order valence-electron chi connectivity index (χ3n) is 5.64. The van der Waals surface area contributed by atoms with E-state index in [9.17, 15) is 23.3 Å². The lowest BCUT2D eigenvalue weighted by Crippen LogP contribution is -2.43. The van der Waals surface area contributed by atoms with Crippen molar-refractivity contribution in [2.24, 2.45) is 5.92 Å². The summed E-state index contributed by atoms with van der Waals surface area (Å²) in [6, 6.07) is 4.66. The Morgan fingerprint density at radius 2 is 1.90 bits per heavy atom. The highest BCUT2D eigenvalue weighted by Crippen LogP contribution is 2.26. The Kier molecular flexibility index (Phi) is 6.75. The molecule has 1 atom stereocenters. The zero-order valence-corrected chi connectivity index (χ0v) is 18.6. The number of hydrogen-bond acceptors (Lipinski definition) is 6. The van der Waals surface area contributed by atoms with E-state index >= 15 is 0 Å². The van der Waals surface area contributed by atoms with E-state index in [-0.39, 0.29) is 41.5 Å². The second-order valence-electron chi connectivity index (χ2n) is 7.69. The van der Waals surface area contributed by atoms with Crippen molar-refractivity contribution in [2.75, 3.05) is 13.1 Å². The van der Waals surface area contributed by atoms with Crippen LogP contribution in [0.4, 0.5) is 5.69 Å². The van der Waals surface area contributed by atoms with Crippen molar-refractivity contribution in [3.63, 3.8) is 0 Å². The molecule has 1 unspecified atom stereocenters. The first-order chi connectivity index (χ1) is 14.6. The second-order valence-corrected chi connectivity index (χ2v) is 9.62. The number of carbonyl (C=O) groups is 1. The molecular formula is C20H27N5O5S. The van der Waals surface area contributed by atoms with Gasteiger partial charge in [0.15, 0.2) is 0 Å². The molecule has 3 rings (SSSR count). The van der Waals surface area contributed by atoms with E-state index in [2.05, 4.69) is 10.4 Å². The van der Waals surface area contributed by atoms with Crippen molar-refractivity contribution >= 4 is 21.6 Å². The number of rotatable bonds is 7. The normalized spacial score (nSPS) is 16.7. The van der Waals surface area contributed by atoms with E-state index < -0.39 is 14.9 Å². The van der Waals surface area contributed by atoms with Crippen LogP contribution < -0.4 is 5.32 Å². The lowest BCUT2D eigenvalue weighted by atomic mass is 9.96. The van der Waals surface area contributed by atoms with Crippen LogP contribution in [0.1, 0.15) is 44.0 Å². The van der Waals surface area contributed by atoms with Gasteiger partial charge in [-0.05, 0) is 45.7 Å². The molecular weight excluding hydrogens is 422 g/mol. The van der Waals surface area contributed by atoms with Crippen molar-refractivity contribution in [3.8, 4) is 0 Å². The molecule has 1 N–H and O–H groups in total. The van der Waals surface area contributed by atoms with E-state index in [0.717, 1.165) is 17.8 Å². The molecule has 1 amide bonds. The molecule has 1 aliphatic heterocycles. The summed E-state index contributed by atoms with van der Waals surface area (Å²) in [5.74, 6) is -0.365. The second kappa shape index (κ2) is 9.15. The van der Waals surface area contributed by atoms with Crippen LogP contribution >= 0.6 is 0 Å². The minimum absolute atomic E-state index is 0.0121. The molecule has 11 heteroatoms. The Labute approximate surface area is 181 Å². The highest BCUT2D eigenvalue weighted by molar-refractivity contribution is 7.89. The number of non-ortho nitro benzene ring substituents is 1. The van der Waals surface area contributed by atoms with Gasteiger partial charge in [0.2, 0.25) is 15.9 Å². The van der Waals surface area contributed by atoms with Gasteiger partial charge in [0, 0.05) is 49.4 Å². The number of nitro groups is 1. The van der Waals surface area contributed by atoms with E-state index in [1.54, 1.807) is 0 Å². The van der Waals surface area contributed by atoms with Gasteiger partial charge in [-0.3, -0.25) is 19.6 Å². The number of sulfonamides is 1. The fourth-order valence-corrected chi connectivity index (χ4v) is 5.25. The molecule has 2 aromatic rings. The van der Waals surface area contributed by atoms with Gasteiger partial charge < -0.3 is 5.32 Å². The van der Waals surface area contributed by atoms with Gasteiger partial charge in [-0.2, -0.15) is 9.40 Å². The molecule has 0 spiro atoms. The number of benzene rings is 1. The van der Waals surface area contributed by atoms with Crippen LogP contribution in [0.15, 0.2) is 35.4 Å².